The molecule has 13 heavy (non-hydrogen) atoms. The van der Waals surface area contributed by atoms with Gasteiger partial charge in [-0.15, -0.1) is 0 Å². The minimum atomic E-state index is -0.836. The average Bonchev–Trinajstić information content (AvgIpc) is 2.05. The first-order chi connectivity index (χ1) is 6.11. The maximum Gasteiger partial charge on any atom is 0.332 e. The van der Waals surface area contributed by atoms with Crippen LogP contribution in [-0.2, 0) is 4.79 Å². The summed E-state index contributed by atoms with van der Waals surface area (Å²) < 4.78 is 0. The Bertz CT molecular complexity index is 181. The fourth-order valence-electron chi connectivity index (χ4n) is 1.14. The van der Waals surface area contributed by atoms with Gasteiger partial charge in [0.2, 0.25) is 0 Å². The first-order valence-corrected chi connectivity index (χ1v) is 4.77. The molecule has 0 aliphatic rings. The van der Waals surface area contributed by atoms with Gasteiger partial charge in [-0.25, -0.2) is 4.79 Å². The van der Waals surface area contributed by atoms with Crippen LogP contribution in [0.3, 0.4) is 0 Å². The van der Waals surface area contributed by atoms with Gasteiger partial charge in [0.15, 0.2) is 0 Å². The molecule has 0 aliphatic heterocycles. The van der Waals surface area contributed by atoms with Gasteiger partial charge in [0, 0.05) is 24.9 Å². The molecule has 1 N–H and O–H groups in total. The van der Waals surface area contributed by atoms with Crippen LogP contribution < -0.4 is 0 Å². The lowest BCUT2D eigenvalue weighted by Crippen LogP contribution is -2.20. The third-order valence-corrected chi connectivity index (χ3v) is 1.74. The van der Waals surface area contributed by atoms with E-state index in [-0.39, 0.29) is 0 Å². The number of rotatable bonds is 6. The minimum absolute atomic E-state index is 0.405. The average molecular weight is 185 g/mol. The summed E-state index contributed by atoms with van der Waals surface area (Å²) in [6.45, 7) is 7.66. The van der Waals surface area contributed by atoms with Gasteiger partial charge in [-0.05, 0) is 19.8 Å². The molecule has 3 nitrogen and oxygen atoms in total. The van der Waals surface area contributed by atoms with Crippen molar-refractivity contribution in [3.8, 4) is 0 Å². The Morgan fingerprint density at radius 3 is 2.08 bits per heavy atom. The number of carboxylic acid groups (broad SMARTS) is 1. The fourth-order valence-corrected chi connectivity index (χ4v) is 1.14. The molecule has 0 saturated heterocycles. The molecule has 0 aromatic rings. The summed E-state index contributed by atoms with van der Waals surface area (Å²) in [6, 6.07) is 0. The van der Waals surface area contributed by atoms with Gasteiger partial charge in [0.25, 0.3) is 0 Å². The smallest absolute Gasteiger partial charge is 0.332 e. The predicted molar refractivity (Wildman–Crippen MR) is 53.5 cm³/mol. The summed E-state index contributed by atoms with van der Waals surface area (Å²) in [7, 11) is 0. The van der Waals surface area contributed by atoms with Gasteiger partial charge in [-0.1, -0.05) is 13.8 Å². The lowest BCUT2D eigenvalue weighted by molar-refractivity contribution is -0.132. The summed E-state index contributed by atoms with van der Waals surface area (Å²) in [5.41, 5.74) is 0.405. The van der Waals surface area contributed by atoms with Crippen LogP contribution in [0.15, 0.2) is 11.8 Å². The molecule has 0 aliphatic carbocycles. The zero-order chi connectivity index (χ0) is 10.3. The van der Waals surface area contributed by atoms with Crippen LogP contribution in [0.1, 0.15) is 33.6 Å². The van der Waals surface area contributed by atoms with Gasteiger partial charge in [-0.2, -0.15) is 0 Å². The molecule has 0 bridgehead atoms. The van der Waals surface area contributed by atoms with Crippen molar-refractivity contribution in [2.45, 2.75) is 33.6 Å². The molecule has 0 radical (unpaired) electrons. The third kappa shape index (κ3) is 5.28. The predicted octanol–water partition coefficient (Wildman–Crippen LogP) is 2.10. The van der Waals surface area contributed by atoms with E-state index in [0.717, 1.165) is 25.9 Å². The molecule has 0 unspecified atom stereocenters. The Kier molecular flexibility index (Phi) is 6.02. The normalized spacial score (nSPS) is 11.5. The summed E-state index contributed by atoms with van der Waals surface area (Å²) in [4.78, 5) is 12.6. The second kappa shape index (κ2) is 6.52. The first kappa shape index (κ1) is 12.0. The Labute approximate surface area is 80.0 Å². The number of carboxylic acids is 1. The van der Waals surface area contributed by atoms with Gasteiger partial charge < -0.3 is 10.0 Å². The Morgan fingerprint density at radius 1 is 1.31 bits per heavy atom. The van der Waals surface area contributed by atoms with E-state index in [4.69, 9.17) is 5.11 Å². The number of aliphatic carboxylic acids is 1. The molecule has 0 heterocycles. The Morgan fingerprint density at radius 2 is 1.77 bits per heavy atom. The molecule has 76 valence electrons. The lowest BCUT2D eigenvalue weighted by Gasteiger charge is -2.19. The van der Waals surface area contributed by atoms with E-state index in [1.54, 1.807) is 13.1 Å². The maximum atomic E-state index is 10.5. The van der Waals surface area contributed by atoms with E-state index in [1.165, 1.54) is 0 Å². The molecule has 0 saturated carbocycles. The van der Waals surface area contributed by atoms with E-state index in [0.29, 0.717) is 5.57 Å². The van der Waals surface area contributed by atoms with Gasteiger partial charge >= 0.3 is 5.97 Å². The molecule has 0 aromatic heterocycles. The van der Waals surface area contributed by atoms with Crippen LogP contribution in [0.4, 0.5) is 0 Å². The molecule has 0 atom stereocenters. The summed E-state index contributed by atoms with van der Waals surface area (Å²) in [6.07, 6.45) is 3.82. The molecule has 3 heteroatoms. The molecular weight excluding hydrogens is 166 g/mol. The van der Waals surface area contributed by atoms with Crippen LogP contribution in [0, 0.1) is 0 Å². The Hall–Kier alpha value is -0.990. The molecular formula is C10H19NO2. The van der Waals surface area contributed by atoms with E-state index in [2.05, 4.69) is 18.7 Å². The van der Waals surface area contributed by atoms with Crippen LogP contribution >= 0.6 is 0 Å². The standard InChI is InChI=1S/C10H19NO2/c1-4-6-11(7-5-2)8-9(3)10(12)13/h8H,4-7H2,1-3H3,(H,12,13). The van der Waals surface area contributed by atoms with Crippen LogP contribution in [0.2, 0.25) is 0 Å². The van der Waals surface area contributed by atoms with Gasteiger partial charge in [0.1, 0.15) is 0 Å². The zero-order valence-corrected chi connectivity index (χ0v) is 8.71. The van der Waals surface area contributed by atoms with Crippen molar-refractivity contribution in [2.75, 3.05) is 13.1 Å². The van der Waals surface area contributed by atoms with E-state index < -0.39 is 5.97 Å². The summed E-state index contributed by atoms with van der Waals surface area (Å²) >= 11 is 0. The van der Waals surface area contributed by atoms with E-state index >= 15 is 0 Å². The van der Waals surface area contributed by atoms with Crippen LogP contribution in [-0.4, -0.2) is 29.1 Å². The second-order valence-electron chi connectivity index (χ2n) is 3.15. The van der Waals surface area contributed by atoms with Gasteiger partial charge in [0.05, 0.1) is 0 Å². The number of carbonyl (C=O) groups is 1. The number of hydrogen-bond donors (Lipinski definition) is 1. The van der Waals surface area contributed by atoms with Crippen LogP contribution in [0.5, 0.6) is 0 Å². The summed E-state index contributed by atoms with van der Waals surface area (Å²) in [5.74, 6) is -0.836. The molecule has 0 amide bonds. The van der Waals surface area contributed by atoms with Crippen molar-refractivity contribution in [3.63, 3.8) is 0 Å². The fraction of sp³-hybridized carbons (Fsp3) is 0.700. The quantitative estimate of drug-likeness (QED) is 0.644. The summed E-state index contributed by atoms with van der Waals surface area (Å²) in [5, 5.41) is 8.67. The third-order valence-electron chi connectivity index (χ3n) is 1.74. The monoisotopic (exact) mass is 185 g/mol. The van der Waals surface area contributed by atoms with Crippen molar-refractivity contribution in [1.29, 1.82) is 0 Å². The molecule has 0 fully saturated rings. The lowest BCUT2D eigenvalue weighted by atomic mass is 10.3. The highest BCUT2D eigenvalue weighted by molar-refractivity contribution is 5.85. The molecule has 0 aromatic carbocycles. The highest BCUT2D eigenvalue weighted by atomic mass is 16.4. The van der Waals surface area contributed by atoms with Crippen molar-refractivity contribution in [2.24, 2.45) is 0 Å². The van der Waals surface area contributed by atoms with Crippen LogP contribution in [0.25, 0.3) is 0 Å². The number of nitrogens with zero attached hydrogens (tertiary/aromatic N) is 1. The van der Waals surface area contributed by atoms with Gasteiger partial charge in [-0.3, -0.25) is 0 Å². The number of hydrogen-bond acceptors (Lipinski definition) is 2. The van der Waals surface area contributed by atoms with Crippen molar-refractivity contribution >= 4 is 5.97 Å². The SMILES string of the molecule is CCCN(C=C(C)C(=O)O)CCC. The zero-order valence-electron chi connectivity index (χ0n) is 8.71. The molecule has 0 spiro atoms. The van der Waals surface area contributed by atoms with Crippen molar-refractivity contribution in [3.05, 3.63) is 11.8 Å². The second-order valence-corrected chi connectivity index (χ2v) is 3.15. The highest BCUT2D eigenvalue weighted by Gasteiger charge is 2.02. The Balaban J connectivity index is 4.20. The highest BCUT2D eigenvalue weighted by Crippen LogP contribution is 2.00. The first-order valence-electron chi connectivity index (χ1n) is 4.77. The van der Waals surface area contributed by atoms with Crippen molar-refractivity contribution < 1.29 is 9.90 Å². The largest absolute Gasteiger partial charge is 0.478 e. The topological polar surface area (TPSA) is 40.5 Å². The van der Waals surface area contributed by atoms with E-state index in [9.17, 15) is 4.79 Å². The van der Waals surface area contributed by atoms with E-state index in [1.807, 2.05) is 0 Å². The maximum absolute atomic E-state index is 10.5. The minimum Gasteiger partial charge on any atom is -0.478 e. The molecule has 0 rings (SSSR count). The van der Waals surface area contributed by atoms with Crippen molar-refractivity contribution in [1.82, 2.24) is 4.90 Å².